The van der Waals surface area contributed by atoms with E-state index in [4.69, 9.17) is 25.8 Å². The topological polar surface area (TPSA) is 81.2 Å². The number of amides is 2. The van der Waals surface area contributed by atoms with E-state index in [0.717, 1.165) is 5.56 Å². The maximum Gasteiger partial charge on any atom is 0.258 e. The van der Waals surface area contributed by atoms with Gasteiger partial charge in [-0.1, -0.05) is 17.7 Å². The molecule has 8 nitrogen and oxygen atoms in total. The number of hydrogen-bond donors (Lipinski definition) is 0. The van der Waals surface area contributed by atoms with Gasteiger partial charge >= 0.3 is 0 Å². The van der Waals surface area contributed by atoms with E-state index >= 15 is 0 Å². The second-order valence-corrected chi connectivity index (χ2v) is 9.27. The van der Waals surface area contributed by atoms with Crippen LogP contribution in [0.5, 0.6) is 17.4 Å². The molecule has 0 saturated carbocycles. The lowest BCUT2D eigenvalue weighted by molar-refractivity contribution is -0.0370. The number of ether oxygens (including phenoxy) is 3. The van der Waals surface area contributed by atoms with Crippen molar-refractivity contribution < 1.29 is 23.8 Å². The summed E-state index contributed by atoms with van der Waals surface area (Å²) in [5, 5.41) is 0.525. The van der Waals surface area contributed by atoms with Crippen molar-refractivity contribution in [3.05, 3.63) is 82.5 Å². The van der Waals surface area contributed by atoms with Crippen LogP contribution in [0, 0.1) is 6.92 Å². The number of benzene rings is 2. The average molecular weight is 508 g/mol. The molecule has 0 N–H and O–H groups in total. The van der Waals surface area contributed by atoms with Crippen LogP contribution in [0.4, 0.5) is 0 Å². The Morgan fingerprint density at radius 2 is 1.86 bits per heavy atom. The lowest BCUT2D eigenvalue weighted by Gasteiger charge is -2.37. The van der Waals surface area contributed by atoms with Crippen molar-refractivity contribution in [3.8, 4) is 17.4 Å². The number of likely N-dealkylation sites (tertiary alicyclic amines) is 1. The molecule has 3 heterocycles. The summed E-state index contributed by atoms with van der Waals surface area (Å²) in [5.74, 6) is 1.28. The highest BCUT2D eigenvalue weighted by molar-refractivity contribution is 6.30. The third-order valence-corrected chi connectivity index (χ3v) is 6.68. The third kappa shape index (κ3) is 4.87. The molecule has 0 bridgehead atoms. The van der Waals surface area contributed by atoms with Crippen LogP contribution in [0.25, 0.3) is 0 Å². The molecule has 186 valence electrons. The second-order valence-electron chi connectivity index (χ2n) is 8.83. The van der Waals surface area contributed by atoms with Gasteiger partial charge in [-0.05, 0) is 55.0 Å². The van der Waals surface area contributed by atoms with Crippen molar-refractivity contribution in [3.63, 3.8) is 0 Å². The Bertz CT molecular complexity index is 1270. The predicted octanol–water partition coefficient (Wildman–Crippen LogP) is 4.21. The Hall–Kier alpha value is -3.62. The normalized spacial score (nSPS) is 19.1. The molecule has 2 fully saturated rings. The van der Waals surface area contributed by atoms with Crippen molar-refractivity contribution in [1.82, 2.24) is 14.8 Å². The van der Waals surface area contributed by atoms with Crippen molar-refractivity contribution in [2.24, 2.45) is 0 Å². The van der Waals surface area contributed by atoms with E-state index in [1.54, 1.807) is 54.5 Å². The number of halogens is 1. The summed E-state index contributed by atoms with van der Waals surface area (Å²) < 4.78 is 17.1. The molecule has 2 atom stereocenters. The summed E-state index contributed by atoms with van der Waals surface area (Å²) >= 11 is 5.86. The molecule has 1 aromatic heterocycles. The van der Waals surface area contributed by atoms with Crippen LogP contribution in [-0.2, 0) is 4.74 Å². The van der Waals surface area contributed by atoms with E-state index in [1.807, 2.05) is 24.0 Å². The monoisotopic (exact) mass is 507 g/mol. The Morgan fingerprint density at radius 1 is 1.06 bits per heavy atom. The van der Waals surface area contributed by atoms with E-state index < -0.39 is 0 Å². The molecule has 2 aliphatic rings. The number of aromatic nitrogens is 1. The van der Waals surface area contributed by atoms with Gasteiger partial charge in [-0.3, -0.25) is 9.59 Å². The van der Waals surface area contributed by atoms with Crippen LogP contribution in [-0.4, -0.2) is 72.1 Å². The molecule has 5 rings (SSSR count). The zero-order chi connectivity index (χ0) is 25.2. The lowest BCUT2D eigenvalue weighted by Crippen LogP contribution is -2.53. The highest BCUT2D eigenvalue weighted by Crippen LogP contribution is 2.29. The fourth-order valence-corrected chi connectivity index (χ4v) is 4.74. The number of morpholine rings is 1. The molecule has 3 aromatic rings. The zero-order valence-corrected chi connectivity index (χ0v) is 20.8. The maximum absolute atomic E-state index is 13.4. The van der Waals surface area contributed by atoms with Gasteiger partial charge in [0.15, 0.2) is 0 Å². The molecule has 2 aliphatic heterocycles. The molecule has 2 amide bonds. The molecule has 0 radical (unpaired) electrons. The number of aryl methyl sites for hydroxylation is 1. The minimum Gasteiger partial charge on any atom is -0.496 e. The van der Waals surface area contributed by atoms with Crippen molar-refractivity contribution in [1.29, 1.82) is 0 Å². The zero-order valence-electron chi connectivity index (χ0n) is 20.0. The largest absolute Gasteiger partial charge is 0.496 e. The van der Waals surface area contributed by atoms with Crippen LogP contribution in [0.15, 0.2) is 60.8 Å². The summed E-state index contributed by atoms with van der Waals surface area (Å²) in [4.78, 5) is 34.4. The van der Waals surface area contributed by atoms with Crippen LogP contribution >= 0.6 is 11.6 Å². The van der Waals surface area contributed by atoms with Crippen LogP contribution in [0.1, 0.15) is 26.3 Å². The van der Waals surface area contributed by atoms with Crippen molar-refractivity contribution >= 4 is 23.4 Å². The molecule has 36 heavy (non-hydrogen) atoms. The molecular formula is C27H26ClN3O5. The van der Waals surface area contributed by atoms with Gasteiger partial charge in [0.25, 0.3) is 11.8 Å². The highest BCUT2D eigenvalue weighted by Gasteiger charge is 2.44. The quantitative estimate of drug-likeness (QED) is 0.514. The third-order valence-electron chi connectivity index (χ3n) is 6.46. The number of methoxy groups -OCH3 is 1. The minimum absolute atomic E-state index is 0.114. The first-order valence-corrected chi connectivity index (χ1v) is 12.1. The molecule has 2 aromatic carbocycles. The summed E-state index contributed by atoms with van der Waals surface area (Å²) in [6, 6.07) is 15.6. The molecular weight excluding hydrogens is 482 g/mol. The van der Waals surface area contributed by atoms with Gasteiger partial charge in [-0.2, -0.15) is 0 Å². The summed E-state index contributed by atoms with van der Waals surface area (Å²) in [5.41, 5.74) is 2.06. The SMILES string of the molecule is COc1cc(C)ccc1C(=O)N1CCO[C@@H]2CN(C(=O)c3ccc(Oc4ccc(Cl)cn4)cc3)C[C@@H]21. The van der Waals surface area contributed by atoms with Gasteiger partial charge in [0.2, 0.25) is 5.88 Å². The van der Waals surface area contributed by atoms with Gasteiger partial charge in [-0.15, -0.1) is 0 Å². The Kier molecular flexibility index (Phi) is 6.80. The predicted molar refractivity (Wildman–Crippen MR) is 134 cm³/mol. The van der Waals surface area contributed by atoms with E-state index in [2.05, 4.69) is 4.98 Å². The number of nitrogens with zero attached hydrogens (tertiary/aromatic N) is 3. The van der Waals surface area contributed by atoms with E-state index in [0.29, 0.717) is 59.8 Å². The summed E-state index contributed by atoms with van der Waals surface area (Å²) in [7, 11) is 1.56. The van der Waals surface area contributed by atoms with E-state index in [9.17, 15) is 9.59 Å². The number of carbonyl (C=O) groups excluding carboxylic acids is 2. The van der Waals surface area contributed by atoms with Gasteiger partial charge in [0, 0.05) is 37.5 Å². The van der Waals surface area contributed by atoms with Crippen LogP contribution < -0.4 is 9.47 Å². The lowest BCUT2D eigenvalue weighted by atomic mass is 10.1. The van der Waals surface area contributed by atoms with E-state index in [-0.39, 0.29) is 24.0 Å². The highest BCUT2D eigenvalue weighted by atomic mass is 35.5. The number of hydrogen-bond acceptors (Lipinski definition) is 6. The fourth-order valence-electron chi connectivity index (χ4n) is 4.63. The number of carbonyl (C=O) groups is 2. The number of fused-ring (bicyclic) bond motifs is 1. The Labute approximate surface area is 214 Å². The maximum atomic E-state index is 13.4. The first kappa shape index (κ1) is 24.1. The smallest absolute Gasteiger partial charge is 0.258 e. The second kappa shape index (κ2) is 10.2. The fraction of sp³-hybridized carbons (Fsp3) is 0.296. The summed E-state index contributed by atoms with van der Waals surface area (Å²) in [6.07, 6.45) is 1.27. The Balaban J connectivity index is 1.28. The molecule has 9 heteroatoms. The standard InChI is InChI=1S/C27H26ClN3O5/c1-17-3-9-21(23(13-17)34-2)27(33)31-11-12-35-24-16-30(15-22(24)31)26(32)18-4-7-20(8-5-18)36-25-10-6-19(28)14-29-25/h3-10,13-14,22,24H,11-12,15-16H2,1-2H3/t22-,24+/m0/s1. The van der Waals surface area contributed by atoms with Crippen molar-refractivity contribution in [2.75, 3.05) is 33.4 Å². The average Bonchev–Trinajstić information content (AvgIpc) is 3.34. The van der Waals surface area contributed by atoms with Gasteiger partial charge < -0.3 is 24.0 Å². The van der Waals surface area contributed by atoms with Gasteiger partial charge in [-0.25, -0.2) is 4.98 Å². The van der Waals surface area contributed by atoms with Gasteiger partial charge in [0.1, 0.15) is 11.5 Å². The first-order chi connectivity index (χ1) is 17.4. The molecule has 2 saturated heterocycles. The number of pyridine rings is 1. The van der Waals surface area contributed by atoms with Crippen LogP contribution in [0.2, 0.25) is 5.02 Å². The first-order valence-electron chi connectivity index (χ1n) is 11.7. The van der Waals surface area contributed by atoms with Gasteiger partial charge in [0.05, 0.1) is 36.4 Å². The van der Waals surface area contributed by atoms with Crippen LogP contribution in [0.3, 0.4) is 0 Å². The number of rotatable bonds is 5. The van der Waals surface area contributed by atoms with Crippen molar-refractivity contribution in [2.45, 2.75) is 19.1 Å². The molecule has 0 spiro atoms. The molecule has 0 unspecified atom stereocenters. The Morgan fingerprint density at radius 3 is 2.58 bits per heavy atom. The van der Waals surface area contributed by atoms with E-state index in [1.165, 1.54) is 6.20 Å². The summed E-state index contributed by atoms with van der Waals surface area (Å²) in [6.45, 7) is 3.66. The minimum atomic E-state index is -0.235. The molecule has 0 aliphatic carbocycles.